The van der Waals surface area contributed by atoms with Gasteiger partial charge in [0.05, 0.1) is 6.54 Å². The van der Waals surface area contributed by atoms with E-state index in [0.29, 0.717) is 0 Å². The van der Waals surface area contributed by atoms with Gasteiger partial charge < -0.3 is 0 Å². The lowest BCUT2D eigenvalue weighted by atomic mass is 9.86. The van der Waals surface area contributed by atoms with Crippen LogP contribution in [0.2, 0.25) is 0 Å². The van der Waals surface area contributed by atoms with Crippen molar-refractivity contribution in [1.82, 2.24) is 4.90 Å². The molecule has 0 N–H and O–H groups in total. The third-order valence-electron chi connectivity index (χ3n) is 2.37. The molecule has 0 saturated heterocycles. The van der Waals surface area contributed by atoms with Crippen molar-refractivity contribution >= 4 is 0 Å². The van der Waals surface area contributed by atoms with Crippen molar-refractivity contribution in [3.05, 3.63) is 0 Å². The number of hydrogen-bond acceptors (Lipinski definition) is 1. The molecule has 1 nitrogen and oxygen atoms in total. The second-order valence-electron chi connectivity index (χ2n) is 5.36. The summed E-state index contributed by atoms with van der Waals surface area (Å²) in [6.07, 6.45) is -2.56. The Bertz CT molecular complexity index is 181. The van der Waals surface area contributed by atoms with Gasteiger partial charge in [0.15, 0.2) is 0 Å². The first-order valence-electron chi connectivity index (χ1n) is 5.32. The van der Waals surface area contributed by atoms with Crippen molar-refractivity contribution in [1.29, 1.82) is 0 Å². The summed E-state index contributed by atoms with van der Waals surface area (Å²) in [5, 5.41) is 0. The summed E-state index contributed by atoms with van der Waals surface area (Å²) in [4.78, 5) is 1.41. The third-order valence-corrected chi connectivity index (χ3v) is 2.37. The van der Waals surface area contributed by atoms with Gasteiger partial charge >= 0.3 is 6.18 Å². The topological polar surface area (TPSA) is 3.24 Å². The molecule has 0 aliphatic heterocycles. The molecular weight excluding hydrogens is 203 g/mol. The Morgan fingerprint density at radius 1 is 1.13 bits per heavy atom. The zero-order valence-electron chi connectivity index (χ0n) is 10.3. The Morgan fingerprint density at radius 2 is 1.60 bits per heavy atom. The SMILES string of the molecule is CC[C@@H](CC(C)(C)C)N(C)CC(F)(F)F. The average molecular weight is 225 g/mol. The third kappa shape index (κ3) is 7.65. The minimum atomic E-state index is -4.10. The van der Waals surface area contributed by atoms with Crippen molar-refractivity contribution in [2.75, 3.05) is 13.6 Å². The lowest BCUT2D eigenvalue weighted by Gasteiger charge is -2.32. The van der Waals surface area contributed by atoms with E-state index in [1.807, 2.05) is 6.92 Å². The summed E-state index contributed by atoms with van der Waals surface area (Å²) in [6, 6.07) is 0.00613. The van der Waals surface area contributed by atoms with Crippen LogP contribution < -0.4 is 0 Å². The molecule has 0 bridgehead atoms. The van der Waals surface area contributed by atoms with Gasteiger partial charge in [0.1, 0.15) is 0 Å². The van der Waals surface area contributed by atoms with Crippen LogP contribution in [0.25, 0.3) is 0 Å². The van der Waals surface area contributed by atoms with Crippen LogP contribution in [0.1, 0.15) is 40.5 Å². The standard InChI is InChI=1S/C11H22F3N/c1-6-9(7-10(2,3)4)15(5)8-11(12,13)14/h9H,6-8H2,1-5H3/t9-/m0/s1. The molecule has 0 fully saturated rings. The van der Waals surface area contributed by atoms with Gasteiger partial charge in [0.2, 0.25) is 0 Å². The fourth-order valence-electron chi connectivity index (χ4n) is 1.73. The molecule has 15 heavy (non-hydrogen) atoms. The molecule has 0 amide bonds. The van der Waals surface area contributed by atoms with Crippen LogP contribution in [0, 0.1) is 5.41 Å². The van der Waals surface area contributed by atoms with Crippen LogP contribution >= 0.6 is 0 Å². The molecule has 4 heteroatoms. The maximum atomic E-state index is 12.2. The molecule has 0 aromatic heterocycles. The van der Waals surface area contributed by atoms with Gasteiger partial charge in [-0.05, 0) is 25.3 Å². The van der Waals surface area contributed by atoms with E-state index in [1.54, 1.807) is 7.05 Å². The molecule has 0 unspecified atom stereocenters. The second-order valence-corrected chi connectivity index (χ2v) is 5.36. The lowest BCUT2D eigenvalue weighted by Crippen LogP contribution is -2.40. The van der Waals surface area contributed by atoms with Gasteiger partial charge in [-0.2, -0.15) is 13.2 Å². The highest BCUT2D eigenvalue weighted by Crippen LogP contribution is 2.26. The van der Waals surface area contributed by atoms with Gasteiger partial charge in [-0.3, -0.25) is 4.90 Å². The molecule has 0 aromatic carbocycles. The van der Waals surface area contributed by atoms with E-state index in [9.17, 15) is 13.2 Å². The molecule has 0 aromatic rings. The Morgan fingerprint density at radius 3 is 1.87 bits per heavy atom. The van der Waals surface area contributed by atoms with Crippen molar-refractivity contribution in [3.8, 4) is 0 Å². The Kier molecular flexibility index (Phi) is 5.10. The first-order valence-corrected chi connectivity index (χ1v) is 5.32. The highest BCUT2D eigenvalue weighted by atomic mass is 19.4. The molecule has 0 radical (unpaired) electrons. The van der Waals surface area contributed by atoms with E-state index in [2.05, 4.69) is 20.8 Å². The van der Waals surface area contributed by atoms with Gasteiger partial charge in [-0.15, -0.1) is 0 Å². The summed E-state index contributed by atoms with van der Waals surface area (Å²) in [5.41, 5.74) is 0.0700. The molecule has 0 saturated carbocycles. The van der Waals surface area contributed by atoms with Crippen LogP contribution in [0.4, 0.5) is 13.2 Å². The molecule has 0 spiro atoms. The maximum absolute atomic E-state index is 12.2. The Balaban J connectivity index is 4.29. The van der Waals surface area contributed by atoms with Crippen molar-refractivity contribution in [3.63, 3.8) is 0 Å². The quantitative estimate of drug-likeness (QED) is 0.705. The maximum Gasteiger partial charge on any atom is 0.401 e. The van der Waals surface area contributed by atoms with Gasteiger partial charge in [0.25, 0.3) is 0 Å². The predicted octanol–water partition coefficient (Wildman–Crippen LogP) is 3.70. The van der Waals surface area contributed by atoms with E-state index in [4.69, 9.17) is 0 Å². The summed E-state index contributed by atoms with van der Waals surface area (Å²) in [5.74, 6) is 0. The summed E-state index contributed by atoms with van der Waals surface area (Å²) in [6.45, 7) is 7.27. The first kappa shape index (κ1) is 14.8. The molecule has 0 heterocycles. The first-order chi connectivity index (χ1) is 6.55. The fraction of sp³-hybridized carbons (Fsp3) is 1.00. The lowest BCUT2D eigenvalue weighted by molar-refractivity contribution is -0.148. The van der Waals surface area contributed by atoms with E-state index >= 15 is 0 Å². The van der Waals surface area contributed by atoms with Crippen molar-refractivity contribution in [2.24, 2.45) is 5.41 Å². The molecule has 0 aliphatic carbocycles. The zero-order valence-corrected chi connectivity index (χ0v) is 10.3. The monoisotopic (exact) mass is 225 g/mol. The minimum absolute atomic E-state index is 0.00613. The summed E-state index contributed by atoms with van der Waals surface area (Å²) in [7, 11) is 1.55. The van der Waals surface area contributed by atoms with Gasteiger partial charge in [-0.1, -0.05) is 27.7 Å². The Labute approximate surface area is 90.6 Å². The minimum Gasteiger partial charge on any atom is -0.295 e. The molecule has 0 rings (SSSR count). The number of nitrogens with zero attached hydrogens (tertiary/aromatic N) is 1. The highest BCUT2D eigenvalue weighted by Gasteiger charge is 2.32. The highest BCUT2D eigenvalue weighted by molar-refractivity contribution is 4.76. The normalized spacial score (nSPS) is 15.8. The van der Waals surface area contributed by atoms with Crippen LogP contribution in [0.15, 0.2) is 0 Å². The summed E-state index contributed by atoms with van der Waals surface area (Å²) >= 11 is 0. The number of alkyl halides is 3. The van der Waals surface area contributed by atoms with Crippen LogP contribution in [0.3, 0.4) is 0 Å². The van der Waals surface area contributed by atoms with Crippen LogP contribution in [-0.4, -0.2) is 30.7 Å². The predicted molar refractivity (Wildman–Crippen MR) is 56.8 cm³/mol. The Hall–Kier alpha value is -0.250. The zero-order chi connectivity index (χ0) is 12.3. The van der Waals surface area contributed by atoms with E-state index in [0.717, 1.165) is 12.8 Å². The molecule has 1 atom stereocenters. The summed E-state index contributed by atoms with van der Waals surface area (Å²) < 4.78 is 36.6. The van der Waals surface area contributed by atoms with Crippen LogP contribution in [0.5, 0.6) is 0 Å². The average Bonchev–Trinajstić information content (AvgIpc) is 1.94. The molecule has 0 aliphatic rings. The van der Waals surface area contributed by atoms with Crippen molar-refractivity contribution in [2.45, 2.75) is 52.8 Å². The fourth-order valence-corrected chi connectivity index (χ4v) is 1.73. The number of halogens is 3. The number of rotatable bonds is 4. The van der Waals surface area contributed by atoms with Crippen molar-refractivity contribution < 1.29 is 13.2 Å². The molecular formula is C11H22F3N. The van der Waals surface area contributed by atoms with E-state index in [-0.39, 0.29) is 11.5 Å². The second kappa shape index (κ2) is 5.19. The largest absolute Gasteiger partial charge is 0.401 e. The smallest absolute Gasteiger partial charge is 0.295 e. The van der Waals surface area contributed by atoms with Gasteiger partial charge in [-0.25, -0.2) is 0 Å². The van der Waals surface area contributed by atoms with Crippen LogP contribution in [-0.2, 0) is 0 Å². The van der Waals surface area contributed by atoms with E-state index < -0.39 is 12.7 Å². The van der Waals surface area contributed by atoms with Gasteiger partial charge in [0, 0.05) is 6.04 Å². The molecule has 92 valence electrons. The van der Waals surface area contributed by atoms with E-state index in [1.165, 1.54) is 4.90 Å². The number of hydrogen-bond donors (Lipinski definition) is 0.